The average molecular weight is 140 g/mol. The van der Waals surface area contributed by atoms with Crippen molar-refractivity contribution < 1.29 is 8.39 Å². The van der Waals surface area contributed by atoms with Crippen molar-refractivity contribution in [3.05, 3.63) is 0 Å². The maximum atomic E-state index is 11.1. The highest BCUT2D eigenvalue weighted by Crippen LogP contribution is 2.39. The monoisotopic (exact) mass is 140 g/mol. The Labute approximate surface area is 42.8 Å². The molecule has 0 aliphatic rings. The van der Waals surface area contributed by atoms with Gasteiger partial charge in [0.05, 0.1) is 0 Å². The molecule has 0 aliphatic carbocycles. The van der Waals surface area contributed by atoms with Gasteiger partial charge in [0.2, 0.25) is 0 Å². The first-order valence-corrected chi connectivity index (χ1v) is 2.96. The summed E-state index contributed by atoms with van der Waals surface area (Å²) >= 11 is 0. The molecule has 6 heteroatoms. The molecule has 0 aromatic carbocycles. The minimum atomic E-state index is -3.00. The number of halogens is 2. The number of hydrogen-bond acceptors (Lipinski definition) is 1. The second-order valence-corrected chi connectivity index (χ2v) is 3.45. The molecule has 0 unspecified atom stereocenters. The lowest BCUT2D eigenvalue weighted by Crippen LogP contribution is -2.02. The summed E-state index contributed by atoms with van der Waals surface area (Å²) in [5.74, 6) is 0. The lowest BCUT2D eigenvalue weighted by molar-refractivity contribution is 0.700. The van der Waals surface area contributed by atoms with Crippen LogP contribution in [-0.4, -0.2) is 24.8 Å². The van der Waals surface area contributed by atoms with Gasteiger partial charge in [-0.15, -0.1) is 0 Å². The topological polar surface area (TPSA) is 3.24 Å². The molecule has 32 valence electrons. The van der Waals surface area contributed by atoms with Crippen LogP contribution < -0.4 is 0 Å². The maximum Gasteiger partial charge on any atom is 0.331 e. The Morgan fingerprint density at radius 1 is 1.33 bits per heavy atom. The van der Waals surface area contributed by atoms with E-state index in [1.54, 1.807) is 0 Å². The highest BCUT2D eigenvalue weighted by molar-refractivity contribution is 7.46. The van der Waals surface area contributed by atoms with E-state index in [9.17, 15) is 8.39 Å². The lowest BCUT2D eigenvalue weighted by atomic mass is 14.8. The van der Waals surface area contributed by atoms with Crippen LogP contribution in [0.1, 0.15) is 0 Å². The molecular formula is F2NPSi2. The minimum absolute atomic E-state index is 0.509. The molecule has 0 N–H and O–H groups in total. The summed E-state index contributed by atoms with van der Waals surface area (Å²) < 4.78 is 22.6. The standard InChI is InChI=1S/F2NPSi2/c1-4(2)3(5)6/i3+1. The van der Waals surface area contributed by atoms with Crippen LogP contribution in [0, 0.1) is 0 Å². The fourth-order valence-corrected chi connectivity index (χ4v) is 0. The van der Waals surface area contributed by atoms with Gasteiger partial charge in [-0.05, 0) is 0 Å². The van der Waals surface area contributed by atoms with Gasteiger partial charge in [-0.3, -0.25) is 4.00 Å². The van der Waals surface area contributed by atoms with Gasteiger partial charge in [-0.2, -0.15) is 8.39 Å². The maximum absolute atomic E-state index is 11.1. The Morgan fingerprint density at radius 3 is 1.50 bits per heavy atom. The smallest absolute Gasteiger partial charge is 0.278 e. The van der Waals surface area contributed by atoms with E-state index in [4.69, 9.17) is 0 Å². The van der Waals surface area contributed by atoms with Gasteiger partial charge in [0.1, 0.15) is 20.8 Å². The van der Waals surface area contributed by atoms with Crippen molar-refractivity contribution in [2.45, 2.75) is 0 Å². The molecule has 0 atom stereocenters. The quantitative estimate of drug-likeness (QED) is 0.293. The summed E-state index contributed by atoms with van der Waals surface area (Å²) in [6, 6.07) is 0. The van der Waals surface area contributed by atoms with Crippen molar-refractivity contribution in [2.75, 3.05) is 0 Å². The van der Waals surface area contributed by atoms with Crippen LogP contribution in [0.3, 0.4) is 0 Å². The predicted molar refractivity (Wildman–Crippen MR) is 22.5 cm³/mol. The number of nitrogens with zero attached hydrogens (tertiary/aromatic N) is 1. The Hall–Kier alpha value is 0.684. The van der Waals surface area contributed by atoms with Crippen LogP contribution in [0.5, 0.6) is 0 Å². The molecule has 0 saturated heterocycles. The first-order valence-electron chi connectivity index (χ1n) is 0.985. The molecule has 6 heavy (non-hydrogen) atoms. The van der Waals surface area contributed by atoms with Crippen LogP contribution >= 0.6 is 8.69 Å². The van der Waals surface area contributed by atoms with Gasteiger partial charge in [-0.1, -0.05) is 0 Å². The minimum Gasteiger partial charge on any atom is -0.278 e. The molecule has 0 amide bonds. The molecule has 0 spiro atoms. The molecule has 0 bridgehead atoms. The van der Waals surface area contributed by atoms with Crippen molar-refractivity contribution in [1.82, 2.24) is 4.00 Å². The van der Waals surface area contributed by atoms with Gasteiger partial charge in [0, 0.05) is 0 Å². The lowest BCUT2D eigenvalue weighted by Gasteiger charge is -2.01. The molecule has 0 rings (SSSR count). The van der Waals surface area contributed by atoms with E-state index in [2.05, 4.69) is 20.8 Å². The fourth-order valence-electron chi connectivity index (χ4n) is 0. The van der Waals surface area contributed by atoms with E-state index in [1.165, 1.54) is 0 Å². The van der Waals surface area contributed by atoms with E-state index in [0.29, 0.717) is 4.00 Å². The summed E-state index contributed by atoms with van der Waals surface area (Å²) in [4.78, 5) is 0. The molecule has 0 saturated carbocycles. The third-order valence-electron chi connectivity index (χ3n) is 0.151. The van der Waals surface area contributed by atoms with Crippen molar-refractivity contribution in [3.63, 3.8) is 0 Å². The summed E-state index contributed by atoms with van der Waals surface area (Å²) in [6.45, 7) is 0. The summed E-state index contributed by atoms with van der Waals surface area (Å²) in [6.07, 6.45) is 0. The van der Waals surface area contributed by atoms with Gasteiger partial charge < -0.3 is 0 Å². The van der Waals surface area contributed by atoms with Crippen LogP contribution in [0.2, 0.25) is 0 Å². The Bertz CT molecular complexity index is 32.5. The summed E-state index contributed by atoms with van der Waals surface area (Å²) in [5, 5.41) is 0. The Morgan fingerprint density at radius 2 is 1.50 bits per heavy atom. The van der Waals surface area contributed by atoms with Crippen molar-refractivity contribution >= 4 is 29.5 Å². The summed E-state index contributed by atoms with van der Waals surface area (Å²) in [7, 11) is 2.02. The van der Waals surface area contributed by atoms with Gasteiger partial charge in [0.25, 0.3) is 0 Å². The molecule has 6 radical (unpaired) electrons. The van der Waals surface area contributed by atoms with E-state index in [0.717, 1.165) is 0 Å². The zero-order chi connectivity index (χ0) is 5.15. The fraction of sp³-hybridized carbons (Fsp3) is 0. The highest BCUT2D eigenvalue weighted by Gasteiger charge is 2.04. The molecule has 0 aliphatic heterocycles. The van der Waals surface area contributed by atoms with E-state index in [1.807, 2.05) is 0 Å². The molecule has 0 aromatic rings. The van der Waals surface area contributed by atoms with Crippen LogP contribution in [0.4, 0.5) is 8.39 Å². The van der Waals surface area contributed by atoms with Gasteiger partial charge in [-0.25, -0.2) is 0 Å². The average Bonchev–Trinajstić information content (AvgIpc) is 1.36. The second kappa shape index (κ2) is 2.79. The molecule has 0 fully saturated rings. The Balaban J connectivity index is 2.99. The predicted octanol–water partition coefficient (Wildman–Crippen LogP) is 0.621. The molecule has 0 heterocycles. The SMILES string of the molecule is FP(F)[15N]([Si])[Si]. The largest absolute Gasteiger partial charge is 0.331 e. The molecule has 0 aromatic heterocycles. The van der Waals surface area contributed by atoms with Crippen LogP contribution in [0.15, 0.2) is 0 Å². The summed E-state index contributed by atoms with van der Waals surface area (Å²) in [5.41, 5.74) is 0. The van der Waals surface area contributed by atoms with E-state index < -0.39 is 8.69 Å². The van der Waals surface area contributed by atoms with E-state index >= 15 is 0 Å². The van der Waals surface area contributed by atoms with Crippen LogP contribution in [0.25, 0.3) is 0 Å². The number of rotatable bonds is 1. The van der Waals surface area contributed by atoms with Crippen molar-refractivity contribution in [2.24, 2.45) is 0 Å². The zero-order valence-corrected chi connectivity index (χ0v) is 5.54. The van der Waals surface area contributed by atoms with Gasteiger partial charge in [0.15, 0.2) is 0 Å². The third-order valence-corrected chi connectivity index (χ3v) is 1.36. The number of hydrogen-bond donors (Lipinski definition) is 0. The van der Waals surface area contributed by atoms with Gasteiger partial charge >= 0.3 is 8.69 Å². The second-order valence-electron chi connectivity index (χ2n) is 0.527. The Kier molecular flexibility index (Phi) is 3.11. The first kappa shape index (κ1) is 6.68. The third kappa shape index (κ3) is 2.90. The van der Waals surface area contributed by atoms with E-state index in [-0.39, 0.29) is 0 Å². The van der Waals surface area contributed by atoms with Crippen molar-refractivity contribution in [3.8, 4) is 0 Å². The normalized spacial score (nSPS) is 11.0. The first-order chi connectivity index (χ1) is 2.64. The van der Waals surface area contributed by atoms with Crippen LogP contribution in [-0.2, 0) is 0 Å². The highest BCUT2D eigenvalue weighted by atomic mass is 31.2. The molecule has 1 nitrogen and oxygen atoms in total. The van der Waals surface area contributed by atoms with Crippen molar-refractivity contribution in [1.29, 1.82) is 0 Å². The molecular weight excluding hydrogens is 140 g/mol. The zero-order valence-electron chi connectivity index (χ0n) is 2.65.